The quantitative estimate of drug-likeness (QED) is 0.640. The van der Waals surface area contributed by atoms with Crippen LogP contribution in [0.5, 0.6) is 0 Å². The number of H-pyrrole nitrogens is 1. The molecule has 1 aliphatic heterocycles. The fraction of sp³-hybridized carbons (Fsp3) is 0.550. The molecule has 0 saturated carbocycles. The van der Waals surface area contributed by atoms with Crippen molar-refractivity contribution in [2.24, 2.45) is 11.7 Å². The molecule has 1 aromatic carbocycles. The zero-order valence-electron chi connectivity index (χ0n) is 16.6. The summed E-state index contributed by atoms with van der Waals surface area (Å²) in [4.78, 5) is 19.7. The number of nitrogens with zero attached hydrogens (tertiary/aromatic N) is 3. The standard InChI is InChI=1S/C20H30N6O2/c1-3-14(4-2)18(26-9-11-28-12-10-26)20(27)22-16-7-5-15(6-8-16)19-23-17(13-21)24-25-19/h5-8,14,18H,3-4,9-13,21H2,1-2H3,(H,22,27)(H,23,24,25). The molecular weight excluding hydrogens is 356 g/mol. The van der Waals surface area contributed by atoms with Gasteiger partial charge in [-0.25, -0.2) is 4.98 Å². The maximum Gasteiger partial charge on any atom is 0.242 e. The van der Waals surface area contributed by atoms with Crippen molar-refractivity contribution < 1.29 is 9.53 Å². The van der Waals surface area contributed by atoms with Crippen LogP contribution in [0.3, 0.4) is 0 Å². The van der Waals surface area contributed by atoms with Gasteiger partial charge < -0.3 is 15.8 Å². The number of ether oxygens (including phenoxy) is 1. The van der Waals surface area contributed by atoms with E-state index in [9.17, 15) is 4.79 Å². The molecule has 4 N–H and O–H groups in total. The van der Waals surface area contributed by atoms with Crippen LogP contribution in [-0.2, 0) is 16.1 Å². The van der Waals surface area contributed by atoms with E-state index in [4.69, 9.17) is 10.5 Å². The molecule has 1 fully saturated rings. The molecule has 8 heteroatoms. The fourth-order valence-corrected chi connectivity index (χ4v) is 3.70. The molecule has 1 aromatic heterocycles. The van der Waals surface area contributed by atoms with Gasteiger partial charge in [0.1, 0.15) is 5.82 Å². The highest BCUT2D eigenvalue weighted by atomic mass is 16.5. The molecular formula is C20H30N6O2. The van der Waals surface area contributed by atoms with Gasteiger partial charge in [-0.2, -0.15) is 5.10 Å². The number of hydrogen-bond donors (Lipinski definition) is 3. The lowest BCUT2D eigenvalue weighted by Gasteiger charge is -2.37. The number of rotatable bonds is 8. The Morgan fingerprint density at radius 3 is 2.50 bits per heavy atom. The SMILES string of the molecule is CCC(CC)C(C(=O)Nc1ccc(-c2n[nH]c(CN)n2)cc1)N1CCOCC1. The number of carbonyl (C=O) groups is 1. The molecule has 1 aliphatic rings. The number of hydrogen-bond acceptors (Lipinski definition) is 6. The second kappa shape index (κ2) is 9.77. The molecule has 0 aliphatic carbocycles. The minimum atomic E-state index is -0.140. The first-order chi connectivity index (χ1) is 13.7. The summed E-state index contributed by atoms with van der Waals surface area (Å²) in [6.45, 7) is 7.57. The van der Waals surface area contributed by atoms with E-state index in [1.807, 2.05) is 24.3 Å². The maximum atomic E-state index is 13.1. The van der Waals surface area contributed by atoms with Crippen LogP contribution < -0.4 is 11.1 Å². The first-order valence-electron chi connectivity index (χ1n) is 10.0. The predicted octanol–water partition coefficient (Wildman–Crippen LogP) is 2.01. The van der Waals surface area contributed by atoms with Crippen LogP contribution in [0.25, 0.3) is 11.4 Å². The average molecular weight is 387 g/mol. The lowest BCUT2D eigenvalue weighted by molar-refractivity contribution is -0.125. The van der Waals surface area contributed by atoms with Gasteiger partial charge in [-0.05, 0) is 30.2 Å². The topological polar surface area (TPSA) is 109 Å². The zero-order chi connectivity index (χ0) is 19.9. The largest absolute Gasteiger partial charge is 0.379 e. The summed E-state index contributed by atoms with van der Waals surface area (Å²) in [5.41, 5.74) is 7.21. The van der Waals surface area contributed by atoms with Gasteiger partial charge in [0.2, 0.25) is 5.91 Å². The van der Waals surface area contributed by atoms with Crippen molar-refractivity contribution in [2.45, 2.75) is 39.3 Å². The Kier molecular flexibility index (Phi) is 7.13. The Labute approximate surface area is 165 Å². The van der Waals surface area contributed by atoms with Crippen molar-refractivity contribution in [3.63, 3.8) is 0 Å². The van der Waals surface area contributed by atoms with E-state index in [0.29, 0.717) is 37.3 Å². The van der Waals surface area contributed by atoms with Gasteiger partial charge in [0.05, 0.1) is 25.8 Å². The maximum absolute atomic E-state index is 13.1. The number of amides is 1. The Morgan fingerprint density at radius 2 is 1.93 bits per heavy atom. The molecule has 0 bridgehead atoms. The van der Waals surface area contributed by atoms with Crippen LogP contribution in [0.15, 0.2) is 24.3 Å². The number of aromatic amines is 1. The number of nitrogens with two attached hydrogens (primary N) is 1. The van der Waals surface area contributed by atoms with Crippen molar-refractivity contribution in [1.82, 2.24) is 20.1 Å². The van der Waals surface area contributed by atoms with E-state index in [1.54, 1.807) is 0 Å². The highest BCUT2D eigenvalue weighted by molar-refractivity contribution is 5.95. The Hall–Kier alpha value is -2.29. The van der Waals surface area contributed by atoms with Gasteiger partial charge >= 0.3 is 0 Å². The highest BCUT2D eigenvalue weighted by Gasteiger charge is 2.32. The molecule has 1 amide bonds. The van der Waals surface area contributed by atoms with E-state index in [2.05, 4.69) is 39.2 Å². The van der Waals surface area contributed by atoms with Crippen molar-refractivity contribution >= 4 is 11.6 Å². The fourth-order valence-electron chi connectivity index (χ4n) is 3.70. The van der Waals surface area contributed by atoms with Crippen molar-refractivity contribution in [3.8, 4) is 11.4 Å². The molecule has 8 nitrogen and oxygen atoms in total. The molecule has 0 spiro atoms. The number of carbonyl (C=O) groups excluding carboxylic acids is 1. The number of anilines is 1. The third-order valence-electron chi connectivity index (χ3n) is 5.34. The third kappa shape index (κ3) is 4.76. The zero-order valence-corrected chi connectivity index (χ0v) is 16.6. The monoisotopic (exact) mass is 386 g/mol. The van der Waals surface area contributed by atoms with Crippen molar-refractivity contribution in [1.29, 1.82) is 0 Å². The smallest absolute Gasteiger partial charge is 0.242 e. The predicted molar refractivity (Wildman–Crippen MR) is 109 cm³/mol. The lowest BCUT2D eigenvalue weighted by Crippen LogP contribution is -2.52. The second-order valence-electron chi connectivity index (χ2n) is 7.05. The average Bonchev–Trinajstić information content (AvgIpc) is 3.22. The number of aromatic nitrogens is 3. The molecule has 1 atom stereocenters. The van der Waals surface area contributed by atoms with E-state index in [0.717, 1.165) is 37.2 Å². The third-order valence-corrected chi connectivity index (χ3v) is 5.34. The van der Waals surface area contributed by atoms with Gasteiger partial charge in [0.15, 0.2) is 5.82 Å². The van der Waals surface area contributed by atoms with Crippen LogP contribution in [0.4, 0.5) is 5.69 Å². The summed E-state index contributed by atoms with van der Waals surface area (Å²) in [6.07, 6.45) is 1.94. The van der Waals surface area contributed by atoms with Crippen LogP contribution in [-0.4, -0.2) is 58.3 Å². The first-order valence-corrected chi connectivity index (χ1v) is 10.0. The second-order valence-corrected chi connectivity index (χ2v) is 7.05. The Bertz CT molecular complexity index is 750. The van der Waals surface area contributed by atoms with Gasteiger partial charge in [-0.15, -0.1) is 0 Å². The number of benzene rings is 1. The van der Waals surface area contributed by atoms with Crippen LogP contribution in [0, 0.1) is 5.92 Å². The van der Waals surface area contributed by atoms with Gasteiger partial charge in [0.25, 0.3) is 0 Å². The molecule has 3 rings (SSSR count). The Morgan fingerprint density at radius 1 is 1.25 bits per heavy atom. The molecule has 1 saturated heterocycles. The number of morpholine rings is 1. The van der Waals surface area contributed by atoms with Crippen LogP contribution >= 0.6 is 0 Å². The molecule has 152 valence electrons. The van der Waals surface area contributed by atoms with E-state index in [-0.39, 0.29) is 11.9 Å². The summed E-state index contributed by atoms with van der Waals surface area (Å²) in [7, 11) is 0. The molecule has 28 heavy (non-hydrogen) atoms. The lowest BCUT2D eigenvalue weighted by atomic mass is 9.91. The van der Waals surface area contributed by atoms with E-state index < -0.39 is 0 Å². The molecule has 2 heterocycles. The van der Waals surface area contributed by atoms with Crippen LogP contribution in [0.1, 0.15) is 32.5 Å². The van der Waals surface area contributed by atoms with Crippen LogP contribution in [0.2, 0.25) is 0 Å². The summed E-state index contributed by atoms with van der Waals surface area (Å²) in [5, 5.41) is 10.1. The van der Waals surface area contributed by atoms with E-state index in [1.165, 1.54) is 0 Å². The minimum absolute atomic E-state index is 0.0478. The number of nitrogens with one attached hydrogen (secondary N) is 2. The molecule has 0 radical (unpaired) electrons. The highest BCUT2D eigenvalue weighted by Crippen LogP contribution is 2.23. The summed E-state index contributed by atoms with van der Waals surface area (Å²) in [5.74, 6) is 1.61. The minimum Gasteiger partial charge on any atom is -0.379 e. The summed E-state index contributed by atoms with van der Waals surface area (Å²) >= 11 is 0. The molecule has 2 aromatic rings. The molecule has 1 unspecified atom stereocenters. The van der Waals surface area contributed by atoms with Gasteiger partial charge in [0, 0.05) is 24.3 Å². The normalized spacial score (nSPS) is 16.3. The van der Waals surface area contributed by atoms with Crippen molar-refractivity contribution in [3.05, 3.63) is 30.1 Å². The summed E-state index contributed by atoms with van der Waals surface area (Å²) in [6, 6.07) is 7.43. The first kappa shape index (κ1) is 20.4. The van der Waals surface area contributed by atoms with Crippen molar-refractivity contribution in [2.75, 3.05) is 31.6 Å². The summed E-state index contributed by atoms with van der Waals surface area (Å²) < 4.78 is 5.46. The van der Waals surface area contributed by atoms with Gasteiger partial charge in [-0.1, -0.05) is 26.7 Å². The Balaban J connectivity index is 1.71. The van der Waals surface area contributed by atoms with E-state index >= 15 is 0 Å². The van der Waals surface area contributed by atoms with Gasteiger partial charge in [-0.3, -0.25) is 14.8 Å².